The fourth-order valence-electron chi connectivity index (χ4n) is 3.29. The van der Waals surface area contributed by atoms with E-state index in [0.717, 1.165) is 22.8 Å². The van der Waals surface area contributed by atoms with Crippen molar-refractivity contribution >= 4 is 5.91 Å². The molecule has 1 atom stereocenters. The smallest absolute Gasteiger partial charge is 0.271 e. The minimum Gasteiger partial charge on any atom is -0.497 e. The van der Waals surface area contributed by atoms with E-state index in [-0.39, 0.29) is 18.4 Å². The first-order valence-corrected chi connectivity index (χ1v) is 8.90. The third-order valence-corrected chi connectivity index (χ3v) is 4.69. The maximum Gasteiger partial charge on any atom is 0.271 e. The molecule has 1 aliphatic rings. The van der Waals surface area contributed by atoms with Crippen molar-refractivity contribution in [1.82, 2.24) is 15.3 Å². The first-order valence-electron chi connectivity index (χ1n) is 8.90. The third-order valence-electron chi connectivity index (χ3n) is 4.69. The number of rotatable bonds is 5. The molecule has 3 aromatic rings. The Morgan fingerprint density at radius 1 is 1.11 bits per heavy atom. The van der Waals surface area contributed by atoms with Crippen LogP contribution in [0.5, 0.6) is 11.5 Å². The van der Waals surface area contributed by atoms with Gasteiger partial charge in [0.15, 0.2) is 0 Å². The van der Waals surface area contributed by atoms with E-state index in [1.165, 1.54) is 0 Å². The van der Waals surface area contributed by atoms with Crippen LogP contribution in [-0.4, -0.2) is 29.5 Å². The van der Waals surface area contributed by atoms with Gasteiger partial charge >= 0.3 is 0 Å². The van der Waals surface area contributed by atoms with Crippen LogP contribution in [0.25, 0.3) is 0 Å². The summed E-state index contributed by atoms with van der Waals surface area (Å²) in [4.78, 5) is 20.2. The van der Waals surface area contributed by atoms with Crippen LogP contribution in [0.3, 0.4) is 0 Å². The van der Waals surface area contributed by atoms with Gasteiger partial charge in [0, 0.05) is 18.2 Å². The summed E-state index contributed by atoms with van der Waals surface area (Å²) in [5, 5.41) is 2.97. The summed E-state index contributed by atoms with van der Waals surface area (Å²) in [5.41, 5.74) is 2.41. The molecule has 1 aliphatic heterocycles. The number of nitrogens with zero attached hydrogens (tertiary/aromatic N) is 1. The van der Waals surface area contributed by atoms with E-state index in [1.807, 2.05) is 48.5 Å². The molecule has 1 amide bonds. The molecule has 0 spiro atoms. The van der Waals surface area contributed by atoms with Gasteiger partial charge in [0.2, 0.25) is 0 Å². The number of fused-ring (bicyclic) bond motifs is 1. The molecule has 138 valence electrons. The molecule has 0 aliphatic carbocycles. The van der Waals surface area contributed by atoms with E-state index in [2.05, 4.69) is 21.4 Å². The van der Waals surface area contributed by atoms with Gasteiger partial charge in [-0.1, -0.05) is 30.3 Å². The third kappa shape index (κ3) is 3.79. The summed E-state index contributed by atoms with van der Waals surface area (Å²) in [6.07, 6.45) is 0.694. The zero-order valence-electron chi connectivity index (χ0n) is 15.1. The molecule has 0 radical (unpaired) electrons. The largest absolute Gasteiger partial charge is 0.497 e. The van der Waals surface area contributed by atoms with Crippen molar-refractivity contribution < 1.29 is 14.3 Å². The average molecular weight is 363 g/mol. The Morgan fingerprint density at radius 2 is 1.93 bits per heavy atom. The molecule has 2 aromatic carbocycles. The van der Waals surface area contributed by atoms with Gasteiger partial charge in [-0.2, -0.15) is 0 Å². The lowest BCUT2D eigenvalue weighted by molar-refractivity contribution is 0.0950. The number of aromatic nitrogens is 2. The average Bonchev–Trinajstić information content (AvgIpc) is 3.06. The molecule has 6 nitrogen and oxygen atoms in total. The first-order chi connectivity index (χ1) is 13.2. The second kappa shape index (κ2) is 7.53. The van der Waals surface area contributed by atoms with Gasteiger partial charge in [-0.05, 0) is 36.2 Å². The predicted molar refractivity (Wildman–Crippen MR) is 101 cm³/mol. The van der Waals surface area contributed by atoms with Crippen LogP contribution in [0.15, 0.2) is 54.6 Å². The van der Waals surface area contributed by atoms with Gasteiger partial charge in [0.25, 0.3) is 5.91 Å². The fourth-order valence-corrected chi connectivity index (χ4v) is 3.29. The highest BCUT2D eigenvalue weighted by Gasteiger charge is 2.26. The molecule has 0 saturated carbocycles. The minimum atomic E-state index is -0.155. The molecule has 1 unspecified atom stereocenters. The van der Waals surface area contributed by atoms with Gasteiger partial charge < -0.3 is 19.8 Å². The maximum atomic E-state index is 12.4. The molecule has 0 saturated heterocycles. The van der Waals surface area contributed by atoms with Crippen molar-refractivity contribution in [2.45, 2.75) is 18.9 Å². The van der Waals surface area contributed by atoms with E-state index in [4.69, 9.17) is 9.47 Å². The number of hydrogen-bond acceptors (Lipinski definition) is 4. The second-order valence-electron chi connectivity index (χ2n) is 6.50. The Balaban J connectivity index is 1.54. The number of para-hydroxylation sites is 1. The topological polar surface area (TPSA) is 76.2 Å². The molecule has 2 heterocycles. The zero-order chi connectivity index (χ0) is 18.6. The maximum absolute atomic E-state index is 12.4. The molecule has 4 rings (SSSR count). The Morgan fingerprint density at radius 3 is 2.74 bits per heavy atom. The van der Waals surface area contributed by atoms with Gasteiger partial charge in [-0.25, -0.2) is 4.98 Å². The van der Waals surface area contributed by atoms with Gasteiger partial charge in [0.1, 0.15) is 29.6 Å². The fraction of sp³-hybridized carbons (Fsp3) is 0.238. The first kappa shape index (κ1) is 17.1. The number of methoxy groups -OCH3 is 1. The molecule has 1 aromatic heterocycles. The molecule has 27 heavy (non-hydrogen) atoms. The number of hydrogen-bond donors (Lipinski definition) is 2. The van der Waals surface area contributed by atoms with Crippen LogP contribution in [0.4, 0.5) is 0 Å². The van der Waals surface area contributed by atoms with Crippen molar-refractivity contribution in [3.8, 4) is 11.5 Å². The molecule has 6 heteroatoms. The molecule has 2 N–H and O–H groups in total. The minimum absolute atomic E-state index is 0.147. The van der Waals surface area contributed by atoms with Gasteiger partial charge in [0.05, 0.1) is 7.11 Å². The number of carbonyl (C=O) groups is 1. The number of amides is 1. The number of carbonyl (C=O) groups excluding carboxylic acids is 1. The normalized spacial score (nSPS) is 16.2. The summed E-state index contributed by atoms with van der Waals surface area (Å²) in [5.74, 6) is 2.21. The van der Waals surface area contributed by atoms with Crippen molar-refractivity contribution in [3.05, 3.63) is 77.4 Å². The van der Waals surface area contributed by atoms with Crippen LogP contribution in [-0.2, 0) is 13.0 Å². The van der Waals surface area contributed by atoms with E-state index in [0.29, 0.717) is 24.5 Å². The Hall–Kier alpha value is -3.28. The summed E-state index contributed by atoms with van der Waals surface area (Å²) in [6, 6.07) is 17.5. The molecule has 0 fully saturated rings. The molecule has 0 bridgehead atoms. The van der Waals surface area contributed by atoms with Crippen LogP contribution in [0, 0.1) is 0 Å². The van der Waals surface area contributed by atoms with Crippen molar-refractivity contribution in [3.63, 3.8) is 0 Å². The zero-order valence-corrected chi connectivity index (χ0v) is 15.1. The van der Waals surface area contributed by atoms with Crippen LogP contribution < -0.4 is 14.8 Å². The van der Waals surface area contributed by atoms with E-state index in [1.54, 1.807) is 7.11 Å². The second-order valence-corrected chi connectivity index (χ2v) is 6.50. The number of H-pyrrole nitrogens is 1. The van der Waals surface area contributed by atoms with Gasteiger partial charge in [-0.3, -0.25) is 4.79 Å². The predicted octanol–water partition coefficient (Wildman–Crippen LogP) is 3.07. The Bertz CT molecular complexity index is 937. The summed E-state index contributed by atoms with van der Waals surface area (Å²) in [7, 11) is 1.65. The summed E-state index contributed by atoms with van der Waals surface area (Å²) < 4.78 is 11.1. The van der Waals surface area contributed by atoms with Crippen LogP contribution in [0.2, 0.25) is 0 Å². The van der Waals surface area contributed by atoms with Gasteiger partial charge in [-0.15, -0.1) is 0 Å². The number of benzene rings is 2. The quantitative estimate of drug-likeness (QED) is 0.730. The monoisotopic (exact) mass is 363 g/mol. The summed E-state index contributed by atoms with van der Waals surface area (Å²) >= 11 is 0. The van der Waals surface area contributed by atoms with Crippen molar-refractivity contribution in [2.24, 2.45) is 0 Å². The van der Waals surface area contributed by atoms with E-state index in [9.17, 15) is 4.79 Å². The lowest BCUT2D eigenvalue weighted by Crippen LogP contribution is -2.26. The van der Waals surface area contributed by atoms with E-state index >= 15 is 0 Å². The number of nitrogens with one attached hydrogen (secondary N) is 2. The highest BCUT2D eigenvalue weighted by Crippen LogP contribution is 2.27. The van der Waals surface area contributed by atoms with Crippen LogP contribution >= 0.6 is 0 Å². The van der Waals surface area contributed by atoms with Crippen molar-refractivity contribution in [1.29, 1.82) is 0 Å². The molecular weight excluding hydrogens is 342 g/mol. The van der Waals surface area contributed by atoms with Crippen LogP contribution in [0.1, 0.15) is 33.5 Å². The lowest BCUT2D eigenvalue weighted by atomic mass is 9.94. The number of ether oxygens (including phenoxy) is 2. The van der Waals surface area contributed by atoms with E-state index < -0.39 is 0 Å². The number of aromatic amines is 1. The Labute approximate surface area is 157 Å². The lowest BCUT2D eigenvalue weighted by Gasteiger charge is -2.15. The highest BCUT2D eigenvalue weighted by atomic mass is 16.5. The molecular formula is C21H21N3O3. The standard InChI is InChI=1S/C21H21N3O3/c1-26-17-9-5-6-14(10-17)15-11-18-20(21(25)22-12-15)24-19(23-18)13-27-16-7-3-2-4-8-16/h2-10,15H,11-13H2,1H3,(H,22,25)(H,23,24). The Kier molecular flexibility index (Phi) is 4.78. The SMILES string of the molecule is COc1cccc(C2CNC(=O)c3nc(COc4ccccc4)[nH]c3C2)c1. The highest BCUT2D eigenvalue weighted by molar-refractivity contribution is 5.94. The number of imidazole rings is 1. The van der Waals surface area contributed by atoms with Crippen molar-refractivity contribution in [2.75, 3.05) is 13.7 Å². The summed E-state index contributed by atoms with van der Waals surface area (Å²) in [6.45, 7) is 0.847.